The van der Waals surface area contributed by atoms with Gasteiger partial charge in [0.25, 0.3) is 0 Å². The summed E-state index contributed by atoms with van der Waals surface area (Å²) in [7, 11) is 2.05. The van der Waals surface area contributed by atoms with E-state index < -0.39 is 0 Å². The lowest BCUT2D eigenvalue weighted by Crippen LogP contribution is -2.19. The summed E-state index contributed by atoms with van der Waals surface area (Å²) < 4.78 is 2.17. The molecule has 0 fully saturated rings. The van der Waals surface area contributed by atoms with Gasteiger partial charge in [-0.1, -0.05) is 49.4 Å². The second-order valence-corrected chi connectivity index (χ2v) is 5.35. The van der Waals surface area contributed by atoms with E-state index in [9.17, 15) is 4.79 Å². The van der Waals surface area contributed by atoms with E-state index in [1.165, 1.54) is 5.56 Å². The molecule has 0 bridgehead atoms. The van der Waals surface area contributed by atoms with Crippen molar-refractivity contribution in [3.63, 3.8) is 0 Å². The molecule has 21 heavy (non-hydrogen) atoms. The quantitative estimate of drug-likeness (QED) is 0.715. The predicted octanol–water partition coefficient (Wildman–Crippen LogP) is 3.69. The Kier molecular flexibility index (Phi) is 3.61. The van der Waals surface area contributed by atoms with Crippen molar-refractivity contribution in [3.05, 3.63) is 81.6 Å². The van der Waals surface area contributed by atoms with Gasteiger partial charge in [0.05, 0.1) is 5.52 Å². The number of hydrogen-bond donors (Lipinski definition) is 0. The maximum absolute atomic E-state index is 12.7. The number of fused-ring (bicyclic) bond motifs is 1. The van der Waals surface area contributed by atoms with E-state index >= 15 is 0 Å². The highest BCUT2D eigenvalue weighted by Gasteiger charge is 2.13. The Labute approximate surface area is 124 Å². The fourth-order valence-electron chi connectivity index (χ4n) is 2.98. The Morgan fingerprint density at radius 1 is 0.952 bits per heavy atom. The number of hydrogen-bond acceptors (Lipinski definition) is 1. The van der Waals surface area contributed by atoms with Crippen LogP contribution in [0.2, 0.25) is 0 Å². The molecule has 0 N–H and O–H groups in total. The zero-order chi connectivity index (χ0) is 14.8. The Hall–Kier alpha value is -2.35. The fourth-order valence-corrected chi connectivity index (χ4v) is 2.98. The molecule has 1 heterocycles. The van der Waals surface area contributed by atoms with Crippen LogP contribution in [0.25, 0.3) is 10.9 Å². The number of nitrogens with zero attached hydrogens (tertiary/aromatic N) is 1. The molecule has 0 saturated carbocycles. The van der Waals surface area contributed by atoms with Gasteiger partial charge in [0.2, 0.25) is 0 Å². The van der Waals surface area contributed by atoms with E-state index in [0.29, 0.717) is 0 Å². The summed E-state index contributed by atoms with van der Waals surface area (Å²) in [5, 5.41) is 0.814. The highest BCUT2D eigenvalue weighted by Crippen LogP contribution is 2.18. The monoisotopic (exact) mass is 277 g/mol. The molecule has 2 aromatic carbocycles. The van der Waals surface area contributed by atoms with Crippen LogP contribution >= 0.6 is 0 Å². The number of rotatable bonds is 3. The van der Waals surface area contributed by atoms with Crippen molar-refractivity contribution in [1.82, 2.24) is 4.57 Å². The van der Waals surface area contributed by atoms with Crippen molar-refractivity contribution in [2.75, 3.05) is 0 Å². The topological polar surface area (TPSA) is 22.0 Å². The summed E-state index contributed by atoms with van der Waals surface area (Å²) in [6.45, 7) is 2.06. The van der Waals surface area contributed by atoms with E-state index in [-0.39, 0.29) is 5.43 Å². The van der Waals surface area contributed by atoms with Gasteiger partial charge in [-0.15, -0.1) is 0 Å². The molecule has 1 aromatic heterocycles. The summed E-state index contributed by atoms with van der Waals surface area (Å²) in [4.78, 5) is 12.7. The van der Waals surface area contributed by atoms with Gasteiger partial charge in [-0.2, -0.15) is 0 Å². The minimum atomic E-state index is 0.178. The average molecular weight is 277 g/mol. The summed E-state index contributed by atoms with van der Waals surface area (Å²) in [5.74, 6) is 0. The molecule has 0 aliphatic carbocycles. The first-order valence-electron chi connectivity index (χ1n) is 7.35. The van der Waals surface area contributed by atoms with Gasteiger partial charge in [-0.05, 0) is 24.1 Å². The molecular formula is C19H19NO. The van der Waals surface area contributed by atoms with Crippen LogP contribution in [-0.4, -0.2) is 4.57 Å². The van der Waals surface area contributed by atoms with E-state index in [4.69, 9.17) is 0 Å². The molecule has 0 aliphatic rings. The van der Waals surface area contributed by atoms with Gasteiger partial charge in [-0.3, -0.25) is 4.79 Å². The maximum atomic E-state index is 12.7. The number of aromatic nitrogens is 1. The van der Waals surface area contributed by atoms with Crippen LogP contribution in [0.4, 0.5) is 0 Å². The number of pyridine rings is 1. The van der Waals surface area contributed by atoms with Crippen LogP contribution < -0.4 is 5.43 Å². The molecule has 0 saturated heterocycles. The first kappa shape index (κ1) is 13.6. The van der Waals surface area contributed by atoms with Crippen molar-refractivity contribution in [1.29, 1.82) is 0 Å². The zero-order valence-electron chi connectivity index (χ0n) is 12.5. The second kappa shape index (κ2) is 5.57. The Morgan fingerprint density at radius 3 is 2.33 bits per heavy atom. The molecule has 0 atom stereocenters. The summed E-state index contributed by atoms with van der Waals surface area (Å²) in [6, 6.07) is 18.2. The highest BCUT2D eigenvalue weighted by atomic mass is 16.1. The van der Waals surface area contributed by atoms with Crippen molar-refractivity contribution in [3.8, 4) is 0 Å². The van der Waals surface area contributed by atoms with Gasteiger partial charge >= 0.3 is 0 Å². The Balaban J connectivity index is 2.26. The minimum absolute atomic E-state index is 0.178. The van der Waals surface area contributed by atoms with Crippen molar-refractivity contribution in [2.45, 2.75) is 19.8 Å². The summed E-state index contributed by atoms with van der Waals surface area (Å²) >= 11 is 0. The third kappa shape index (κ3) is 2.38. The van der Waals surface area contributed by atoms with Crippen molar-refractivity contribution >= 4 is 10.9 Å². The number of para-hydroxylation sites is 1. The largest absolute Gasteiger partial charge is 0.347 e. The fraction of sp³-hybridized carbons (Fsp3) is 0.211. The van der Waals surface area contributed by atoms with Crippen LogP contribution in [0.3, 0.4) is 0 Å². The molecule has 0 aliphatic heterocycles. The molecule has 0 amide bonds. The molecule has 0 spiro atoms. The second-order valence-electron chi connectivity index (χ2n) is 5.35. The summed E-state index contributed by atoms with van der Waals surface area (Å²) in [6.07, 6.45) is 1.56. The van der Waals surface area contributed by atoms with Gasteiger partial charge in [0.15, 0.2) is 5.43 Å². The first-order valence-corrected chi connectivity index (χ1v) is 7.35. The smallest absolute Gasteiger partial charge is 0.192 e. The predicted molar refractivity (Wildman–Crippen MR) is 87.8 cm³/mol. The number of benzene rings is 2. The zero-order valence-corrected chi connectivity index (χ0v) is 12.5. The maximum Gasteiger partial charge on any atom is 0.192 e. The number of aryl methyl sites for hydroxylation is 1. The van der Waals surface area contributed by atoms with Gasteiger partial charge in [0.1, 0.15) is 0 Å². The molecule has 2 heteroatoms. The van der Waals surface area contributed by atoms with E-state index in [1.54, 1.807) is 0 Å². The third-order valence-corrected chi connectivity index (χ3v) is 4.11. The first-order chi connectivity index (χ1) is 10.2. The van der Waals surface area contributed by atoms with Crippen molar-refractivity contribution < 1.29 is 0 Å². The van der Waals surface area contributed by atoms with E-state index in [0.717, 1.165) is 35.0 Å². The molecule has 106 valence electrons. The highest BCUT2D eigenvalue weighted by molar-refractivity contribution is 5.80. The lowest BCUT2D eigenvalue weighted by Gasteiger charge is -2.16. The third-order valence-electron chi connectivity index (χ3n) is 4.11. The van der Waals surface area contributed by atoms with E-state index in [1.807, 2.05) is 42.5 Å². The van der Waals surface area contributed by atoms with Crippen LogP contribution in [0.5, 0.6) is 0 Å². The summed E-state index contributed by atoms with van der Waals surface area (Å²) in [5.41, 5.74) is 4.47. The lowest BCUT2D eigenvalue weighted by molar-refractivity contribution is 0.832. The van der Waals surface area contributed by atoms with Crippen LogP contribution in [-0.2, 0) is 19.9 Å². The normalized spacial score (nSPS) is 11.0. The minimum Gasteiger partial charge on any atom is -0.347 e. The van der Waals surface area contributed by atoms with Gasteiger partial charge in [-0.25, -0.2) is 0 Å². The molecule has 0 radical (unpaired) electrons. The van der Waals surface area contributed by atoms with Gasteiger partial charge < -0.3 is 4.57 Å². The SMILES string of the molecule is CCc1c(Cc2ccccc2)n(C)c2ccccc2c1=O. The Morgan fingerprint density at radius 2 is 1.62 bits per heavy atom. The molecule has 2 nitrogen and oxygen atoms in total. The molecular weight excluding hydrogens is 258 g/mol. The molecule has 0 unspecified atom stereocenters. The molecule has 3 aromatic rings. The standard InChI is InChI=1S/C19H19NO/c1-3-15-18(13-14-9-5-4-6-10-14)20(2)17-12-8-7-11-16(17)19(15)21/h4-12H,3,13H2,1-2H3. The van der Waals surface area contributed by atoms with Crippen LogP contribution in [0.1, 0.15) is 23.7 Å². The molecule has 3 rings (SSSR count). The van der Waals surface area contributed by atoms with Crippen molar-refractivity contribution in [2.24, 2.45) is 7.05 Å². The average Bonchev–Trinajstić information content (AvgIpc) is 2.54. The Bertz CT molecular complexity index is 831. The van der Waals surface area contributed by atoms with Crippen LogP contribution in [0.15, 0.2) is 59.4 Å². The van der Waals surface area contributed by atoms with Crippen LogP contribution in [0, 0.1) is 0 Å². The lowest BCUT2D eigenvalue weighted by atomic mass is 10.00. The van der Waals surface area contributed by atoms with Gasteiger partial charge in [0, 0.05) is 30.1 Å². The van der Waals surface area contributed by atoms with E-state index in [2.05, 4.69) is 30.7 Å².